The Hall–Kier alpha value is -1.13. The molecule has 0 saturated heterocycles. The van der Waals surface area contributed by atoms with E-state index in [1.54, 1.807) is 26.1 Å². The predicted molar refractivity (Wildman–Crippen MR) is 65.8 cm³/mol. The second kappa shape index (κ2) is 5.98. The molecule has 4 heteroatoms. The summed E-state index contributed by atoms with van der Waals surface area (Å²) in [4.78, 5) is 0. The molecule has 0 aliphatic heterocycles. The van der Waals surface area contributed by atoms with Gasteiger partial charge >= 0.3 is 0 Å². The van der Waals surface area contributed by atoms with E-state index in [1.165, 1.54) is 6.07 Å². The van der Waals surface area contributed by atoms with Crippen molar-refractivity contribution in [2.24, 2.45) is 0 Å². The highest BCUT2D eigenvalue weighted by molar-refractivity contribution is 5.28. The maximum atomic E-state index is 13.0. The third-order valence-electron chi connectivity index (χ3n) is 3.00. The van der Waals surface area contributed by atoms with E-state index < -0.39 is 0 Å². The SMILES string of the molecule is CNC(C)(CO)CCOc1ccc(F)c(C)c1. The molecule has 17 heavy (non-hydrogen) atoms. The van der Waals surface area contributed by atoms with E-state index in [4.69, 9.17) is 4.74 Å². The van der Waals surface area contributed by atoms with Crippen LogP contribution in [0.2, 0.25) is 0 Å². The van der Waals surface area contributed by atoms with Gasteiger partial charge in [-0.05, 0) is 44.7 Å². The van der Waals surface area contributed by atoms with E-state index in [2.05, 4.69) is 5.32 Å². The number of aliphatic hydroxyl groups is 1. The van der Waals surface area contributed by atoms with Gasteiger partial charge in [-0.1, -0.05) is 0 Å². The number of hydrogen-bond acceptors (Lipinski definition) is 3. The molecule has 0 saturated carbocycles. The molecule has 2 N–H and O–H groups in total. The molecule has 0 heterocycles. The fraction of sp³-hybridized carbons (Fsp3) is 0.538. The summed E-state index contributed by atoms with van der Waals surface area (Å²) in [5.41, 5.74) is 0.232. The smallest absolute Gasteiger partial charge is 0.126 e. The van der Waals surface area contributed by atoms with Crippen molar-refractivity contribution < 1.29 is 14.2 Å². The van der Waals surface area contributed by atoms with Crippen LogP contribution in [-0.2, 0) is 0 Å². The molecule has 0 aliphatic carbocycles. The highest BCUT2D eigenvalue weighted by Crippen LogP contribution is 2.17. The Morgan fingerprint density at radius 1 is 1.47 bits per heavy atom. The summed E-state index contributed by atoms with van der Waals surface area (Å²) >= 11 is 0. The lowest BCUT2D eigenvalue weighted by Gasteiger charge is -2.26. The summed E-state index contributed by atoms with van der Waals surface area (Å²) in [7, 11) is 1.80. The summed E-state index contributed by atoms with van der Waals surface area (Å²) in [6.07, 6.45) is 0.677. The fourth-order valence-electron chi connectivity index (χ4n) is 1.38. The summed E-state index contributed by atoms with van der Waals surface area (Å²) in [5, 5.41) is 12.2. The Bertz CT molecular complexity index is 364. The number of halogens is 1. The molecule has 0 fully saturated rings. The van der Waals surface area contributed by atoms with Crippen LogP contribution in [0.25, 0.3) is 0 Å². The van der Waals surface area contributed by atoms with Crippen molar-refractivity contribution >= 4 is 0 Å². The standard InChI is InChI=1S/C13H20FNO2/c1-10-8-11(4-5-12(10)14)17-7-6-13(2,9-16)15-3/h4-5,8,15-16H,6-7,9H2,1-3H3. The predicted octanol–water partition coefficient (Wildman–Crippen LogP) is 1.87. The molecule has 0 bridgehead atoms. The first-order chi connectivity index (χ1) is 8.00. The molecule has 1 unspecified atom stereocenters. The highest BCUT2D eigenvalue weighted by atomic mass is 19.1. The van der Waals surface area contributed by atoms with Gasteiger partial charge in [0.2, 0.25) is 0 Å². The van der Waals surface area contributed by atoms with Crippen molar-refractivity contribution in [2.75, 3.05) is 20.3 Å². The maximum Gasteiger partial charge on any atom is 0.126 e. The number of aryl methyl sites for hydroxylation is 1. The van der Waals surface area contributed by atoms with E-state index in [9.17, 15) is 9.50 Å². The average molecular weight is 241 g/mol. The molecule has 3 nitrogen and oxygen atoms in total. The van der Waals surface area contributed by atoms with Crippen LogP contribution in [0.15, 0.2) is 18.2 Å². The van der Waals surface area contributed by atoms with Gasteiger partial charge in [-0.25, -0.2) is 4.39 Å². The van der Waals surface area contributed by atoms with Gasteiger partial charge in [0.1, 0.15) is 11.6 Å². The molecule has 0 radical (unpaired) electrons. The van der Waals surface area contributed by atoms with Crippen molar-refractivity contribution in [1.82, 2.24) is 5.32 Å². The lowest BCUT2D eigenvalue weighted by Crippen LogP contribution is -2.44. The van der Waals surface area contributed by atoms with Crippen LogP contribution in [-0.4, -0.2) is 30.9 Å². The molecular formula is C13H20FNO2. The monoisotopic (exact) mass is 241 g/mol. The normalized spacial score (nSPS) is 14.4. The van der Waals surface area contributed by atoms with E-state index in [0.717, 1.165) is 0 Å². The number of aliphatic hydroxyl groups excluding tert-OH is 1. The van der Waals surface area contributed by atoms with E-state index in [0.29, 0.717) is 24.3 Å². The van der Waals surface area contributed by atoms with Crippen molar-refractivity contribution in [3.05, 3.63) is 29.6 Å². The number of rotatable bonds is 6. The van der Waals surface area contributed by atoms with E-state index >= 15 is 0 Å². The van der Waals surface area contributed by atoms with Crippen LogP contribution < -0.4 is 10.1 Å². The minimum Gasteiger partial charge on any atom is -0.494 e. The molecule has 1 atom stereocenters. The summed E-state index contributed by atoms with van der Waals surface area (Å²) < 4.78 is 18.5. The van der Waals surface area contributed by atoms with Crippen molar-refractivity contribution in [3.63, 3.8) is 0 Å². The van der Waals surface area contributed by atoms with Gasteiger partial charge in [-0.15, -0.1) is 0 Å². The Morgan fingerprint density at radius 2 is 2.18 bits per heavy atom. The first-order valence-corrected chi connectivity index (χ1v) is 5.69. The van der Waals surface area contributed by atoms with E-state index in [-0.39, 0.29) is 18.0 Å². The first kappa shape index (κ1) is 13.9. The van der Waals surface area contributed by atoms with Crippen LogP contribution in [0.5, 0.6) is 5.75 Å². The lowest BCUT2D eigenvalue weighted by atomic mass is 10.0. The molecule has 0 amide bonds. The Morgan fingerprint density at radius 3 is 2.71 bits per heavy atom. The van der Waals surface area contributed by atoms with Crippen molar-refractivity contribution in [1.29, 1.82) is 0 Å². The molecule has 96 valence electrons. The van der Waals surface area contributed by atoms with Crippen molar-refractivity contribution in [2.45, 2.75) is 25.8 Å². The number of ether oxygens (including phenoxy) is 1. The molecule has 0 aliphatic rings. The van der Waals surface area contributed by atoms with E-state index in [1.807, 2.05) is 6.92 Å². The Labute approximate surface area is 102 Å². The van der Waals surface area contributed by atoms with Gasteiger partial charge in [0.15, 0.2) is 0 Å². The van der Waals surface area contributed by atoms with Gasteiger partial charge in [-0.2, -0.15) is 0 Å². The van der Waals surface area contributed by atoms with Gasteiger partial charge in [0.25, 0.3) is 0 Å². The molecule has 0 aromatic heterocycles. The topological polar surface area (TPSA) is 41.5 Å². The van der Waals surface area contributed by atoms with Crippen LogP contribution in [0.3, 0.4) is 0 Å². The van der Waals surface area contributed by atoms with Crippen LogP contribution in [0, 0.1) is 12.7 Å². The minimum atomic E-state index is -0.338. The average Bonchev–Trinajstić information content (AvgIpc) is 2.33. The number of benzene rings is 1. The van der Waals surface area contributed by atoms with Crippen LogP contribution >= 0.6 is 0 Å². The molecule has 1 aromatic rings. The Balaban J connectivity index is 2.48. The zero-order valence-corrected chi connectivity index (χ0v) is 10.6. The first-order valence-electron chi connectivity index (χ1n) is 5.69. The molecule has 1 aromatic carbocycles. The molecule has 1 rings (SSSR count). The maximum absolute atomic E-state index is 13.0. The van der Waals surface area contributed by atoms with Crippen molar-refractivity contribution in [3.8, 4) is 5.75 Å². The van der Waals surface area contributed by atoms with Gasteiger partial charge in [0.05, 0.1) is 13.2 Å². The summed E-state index contributed by atoms with van der Waals surface area (Å²) in [6, 6.07) is 4.68. The molecule has 0 spiro atoms. The van der Waals surface area contributed by atoms with Gasteiger partial charge in [0, 0.05) is 12.0 Å². The van der Waals surface area contributed by atoms with Gasteiger partial charge in [-0.3, -0.25) is 0 Å². The highest BCUT2D eigenvalue weighted by Gasteiger charge is 2.20. The zero-order chi connectivity index (χ0) is 12.9. The zero-order valence-electron chi connectivity index (χ0n) is 10.6. The van der Waals surface area contributed by atoms with Crippen LogP contribution in [0.4, 0.5) is 4.39 Å². The second-order valence-corrected chi connectivity index (χ2v) is 4.48. The summed E-state index contributed by atoms with van der Waals surface area (Å²) in [5.74, 6) is 0.424. The lowest BCUT2D eigenvalue weighted by molar-refractivity contribution is 0.151. The minimum absolute atomic E-state index is 0.0509. The summed E-state index contributed by atoms with van der Waals surface area (Å²) in [6.45, 7) is 4.15. The number of hydrogen-bond donors (Lipinski definition) is 2. The number of likely N-dealkylation sites (N-methyl/N-ethyl adjacent to an activating group) is 1. The third-order valence-corrected chi connectivity index (χ3v) is 3.00. The Kier molecular flexibility index (Phi) is 4.90. The van der Waals surface area contributed by atoms with Gasteiger partial charge < -0.3 is 15.2 Å². The largest absolute Gasteiger partial charge is 0.494 e. The molecular weight excluding hydrogens is 221 g/mol. The van der Waals surface area contributed by atoms with Crippen LogP contribution in [0.1, 0.15) is 18.9 Å². The third kappa shape index (κ3) is 3.98. The fourth-order valence-corrected chi connectivity index (χ4v) is 1.38. The second-order valence-electron chi connectivity index (χ2n) is 4.48. The number of nitrogens with one attached hydrogen (secondary N) is 1. The quantitative estimate of drug-likeness (QED) is 0.799.